The van der Waals surface area contributed by atoms with Crippen LogP contribution in [-0.4, -0.2) is 4.98 Å². The normalized spacial score (nSPS) is 10.8. The summed E-state index contributed by atoms with van der Waals surface area (Å²) in [4.78, 5) is 3.55. The average molecular weight is 179 g/mol. The van der Waals surface area contributed by atoms with E-state index in [0.717, 1.165) is 12.8 Å². The minimum atomic E-state index is 1.14. The lowest BCUT2D eigenvalue weighted by atomic mass is 10.0. The van der Waals surface area contributed by atoms with Crippen LogP contribution >= 0.6 is 0 Å². The topological polar surface area (TPSA) is 15.8 Å². The van der Waals surface area contributed by atoms with E-state index in [4.69, 9.17) is 0 Å². The Hall–Kier alpha value is -0.720. The fourth-order valence-electron chi connectivity index (χ4n) is 2.15. The van der Waals surface area contributed by atoms with Crippen molar-refractivity contribution in [2.24, 2.45) is 0 Å². The van der Waals surface area contributed by atoms with Gasteiger partial charge in [0.1, 0.15) is 0 Å². The predicted molar refractivity (Wildman–Crippen MR) is 58.3 cm³/mol. The lowest BCUT2D eigenvalue weighted by molar-refractivity contribution is 0.971. The van der Waals surface area contributed by atoms with Gasteiger partial charge in [0, 0.05) is 11.4 Å². The van der Waals surface area contributed by atoms with Crippen molar-refractivity contribution in [1.82, 2.24) is 4.98 Å². The van der Waals surface area contributed by atoms with Gasteiger partial charge in [-0.1, -0.05) is 27.7 Å². The van der Waals surface area contributed by atoms with Crippen molar-refractivity contribution in [2.75, 3.05) is 0 Å². The molecule has 74 valence electrons. The molecule has 0 aliphatic rings. The number of hydrogen-bond donors (Lipinski definition) is 1. The standard InChI is InChI=1S/C12H21N/c1-5-9-10(6-2)12(8-4)13-11(9)7-3/h13H,5-8H2,1-4H3. The van der Waals surface area contributed by atoms with Gasteiger partial charge in [-0.15, -0.1) is 0 Å². The van der Waals surface area contributed by atoms with Gasteiger partial charge in [-0.05, 0) is 36.8 Å². The minimum absolute atomic E-state index is 1.14. The number of aryl methyl sites for hydroxylation is 2. The van der Waals surface area contributed by atoms with E-state index in [0.29, 0.717) is 0 Å². The predicted octanol–water partition coefficient (Wildman–Crippen LogP) is 3.26. The highest BCUT2D eigenvalue weighted by Gasteiger charge is 2.11. The highest BCUT2D eigenvalue weighted by molar-refractivity contribution is 5.37. The van der Waals surface area contributed by atoms with Crippen LogP contribution in [0.1, 0.15) is 50.2 Å². The average Bonchev–Trinajstić information content (AvgIpc) is 2.54. The van der Waals surface area contributed by atoms with Gasteiger partial charge in [0.15, 0.2) is 0 Å². The highest BCUT2D eigenvalue weighted by Crippen LogP contribution is 2.21. The zero-order chi connectivity index (χ0) is 9.84. The van der Waals surface area contributed by atoms with E-state index in [-0.39, 0.29) is 0 Å². The molecule has 1 N–H and O–H groups in total. The van der Waals surface area contributed by atoms with Crippen LogP contribution in [0.2, 0.25) is 0 Å². The molecule has 0 spiro atoms. The van der Waals surface area contributed by atoms with E-state index in [2.05, 4.69) is 32.7 Å². The second-order valence-corrected chi connectivity index (χ2v) is 3.45. The molecule has 1 heteroatoms. The second-order valence-electron chi connectivity index (χ2n) is 3.45. The molecule has 0 atom stereocenters. The molecular formula is C12H21N. The fraction of sp³-hybridized carbons (Fsp3) is 0.667. The summed E-state index contributed by atoms with van der Waals surface area (Å²) in [5.74, 6) is 0. The molecule has 1 rings (SSSR count). The summed E-state index contributed by atoms with van der Waals surface area (Å²) < 4.78 is 0. The summed E-state index contributed by atoms with van der Waals surface area (Å²) in [5.41, 5.74) is 6.05. The maximum atomic E-state index is 3.55. The summed E-state index contributed by atoms with van der Waals surface area (Å²) >= 11 is 0. The first-order valence-corrected chi connectivity index (χ1v) is 5.49. The molecule has 0 radical (unpaired) electrons. The molecule has 0 unspecified atom stereocenters. The Morgan fingerprint density at radius 3 is 1.31 bits per heavy atom. The summed E-state index contributed by atoms with van der Waals surface area (Å²) in [7, 11) is 0. The molecule has 0 aliphatic heterocycles. The third kappa shape index (κ3) is 1.79. The fourth-order valence-corrected chi connectivity index (χ4v) is 2.15. The van der Waals surface area contributed by atoms with Gasteiger partial charge in [0.2, 0.25) is 0 Å². The molecule has 0 aliphatic carbocycles. The SMILES string of the molecule is CCc1[nH]c(CC)c(CC)c1CC. The van der Waals surface area contributed by atoms with Crippen LogP contribution in [0.5, 0.6) is 0 Å². The Morgan fingerprint density at radius 2 is 1.08 bits per heavy atom. The van der Waals surface area contributed by atoms with Crippen LogP contribution in [-0.2, 0) is 25.7 Å². The van der Waals surface area contributed by atoms with Crippen molar-refractivity contribution < 1.29 is 0 Å². The van der Waals surface area contributed by atoms with E-state index < -0.39 is 0 Å². The Bertz CT molecular complexity index is 244. The number of aromatic amines is 1. The van der Waals surface area contributed by atoms with Crippen molar-refractivity contribution in [3.8, 4) is 0 Å². The van der Waals surface area contributed by atoms with Crippen molar-refractivity contribution >= 4 is 0 Å². The largest absolute Gasteiger partial charge is 0.362 e. The van der Waals surface area contributed by atoms with Crippen LogP contribution in [0.15, 0.2) is 0 Å². The number of aromatic nitrogens is 1. The van der Waals surface area contributed by atoms with Crippen LogP contribution in [0, 0.1) is 0 Å². The van der Waals surface area contributed by atoms with E-state index >= 15 is 0 Å². The molecule has 1 nitrogen and oxygen atoms in total. The Morgan fingerprint density at radius 1 is 0.692 bits per heavy atom. The number of rotatable bonds is 4. The monoisotopic (exact) mass is 179 g/mol. The van der Waals surface area contributed by atoms with Gasteiger partial charge in [-0.25, -0.2) is 0 Å². The van der Waals surface area contributed by atoms with Gasteiger partial charge in [-0.3, -0.25) is 0 Å². The smallest absolute Gasteiger partial charge is 0.0181 e. The summed E-state index contributed by atoms with van der Waals surface area (Å²) in [6.07, 6.45) is 4.61. The molecule has 0 saturated carbocycles. The van der Waals surface area contributed by atoms with Gasteiger partial charge >= 0.3 is 0 Å². The number of nitrogens with one attached hydrogen (secondary N) is 1. The van der Waals surface area contributed by atoms with Crippen LogP contribution in [0.3, 0.4) is 0 Å². The first-order valence-electron chi connectivity index (χ1n) is 5.49. The summed E-state index contributed by atoms with van der Waals surface area (Å²) in [5, 5.41) is 0. The van der Waals surface area contributed by atoms with E-state index in [1.807, 2.05) is 0 Å². The zero-order valence-electron chi connectivity index (χ0n) is 9.33. The highest BCUT2D eigenvalue weighted by atomic mass is 14.7. The number of hydrogen-bond acceptors (Lipinski definition) is 0. The number of H-pyrrole nitrogens is 1. The van der Waals surface area contributed by atoms with Crippen LogP contribution < -0.4 is 0 Å². The lowest BCUT2D eigenvalue weighted by Crippen LogP contribution is -1.91. The lowest BCUT2D eigenvalue weighted by Gasteiger charge is -2.01. The van der Waals surface area contributed by atoms with Crippen molar-refractivity contribution in [2.45, 2.75) is 53.4 Å². The molecule has 1 heterocycles. The Labute approximate surface area is 81.6 Å². The third-order valence-corrected chi connectivity index (χ3v) is 2.81. The third-order valence-electron chi connectivity index (χ3n) is 2.81. The van der Waals surface area contributed by atoms with Crippen molar-refractivity contribution in [3.05, 3.63) is 22.5 Å². The molecule has 0 amide bonds. The van der Waals surface area contributed by atoms with E-state index in [9.17, 15) is 0 Å². The van der Waals surface area contributed by atoms with Crippen LogP contribution in [0.25, 0.3) is 0 Å². The molecule has 1 aromatic heterocycles. The molecule has 0 bridgehead atoms. The Balaban J connectivity index is 3.17. The van der Waals surface area contributed by atoms with Crippen molar-refractivity contribution in [3.63, 3.8) is 0 Å². The molecule has 1 aromatic rings. The maximum absolute atomic E-state index is 3.55. The van der Waals surface area contributed by atoms with Gasteiger partial charge in [0.05, 0.1) is 0 Å². The first-order chi connectivity index (χ1) is 6.28. The minimum Gasteiger partial charge on any atom is -0.362 e. The van der Waals surface area contributed by atoms with Gasteiger partial charge in [-0.2, -0.15) is 0 Å². The van der Waals surface area contributed by atoms with Gasteiger partial charge in [0.25, 0.3) is 0 Å². The Kier molecular flexibility index (Phi) is 3.58. The maximum Gasteiger partial charge on any atom is 0.0181 e. The molecule has 0 aromatic carbocycles. The first kappa shape index (κ1) is 10.4. The zero-order valence-corrected chi connectivity index (χ0v) is 9.33. The second kappa shape index (κ2) is 4.50. The quantitative estimate of drug-likeness (QED) is 0.730. The summed E-state index contributed by atoms with van der Waals surface area (Å²) in [6.45, 7) is 8.95. The molecular weight excluding hydrogens is 158 g/mol. The molecule has 0 fully saturated rings. The molecule has 0 saturated heterocycles. The van der Waals surface area contributed by atoms with Gasteiger partial charge < -0.3 is 4.98 Å². The van der Waals surface area contributed by atoms with E-state index in [1.165, 1.54) is 24.2 Å². The summed E-state index contributed by atoms with van der Waals surface area (Å²) in [6, 6.07) is 0. The van der Waals surface area contributed by atoms with E-state index in [1.54, 1.807) is 11.1 Å². The molecule has 13 heavy (non-hydrogen) atoms. The van der Waals surface area contributed by atoms with Crippen molar-refractivity contribution in [1.29, 1.82) is 0 Å². The van der Waals surface area contributed by atoms with Crippen LogP contribution in [0.4, 0.5) is 0 Å².